The first-order chi connectivity index (χ1) is 6.81. The van der Waals surface area contributed by atoms with E-state index >= 15 is 0 Å². The quantitative estimate of drug-likeness (QED) is 0.805. The standard InChI is InChI=1S/C11H13NOS/c12-9(6-13)5-8-7-14-11-4-2-1-3-10(8)11/h1-4,7,9,13H,5-6,12H2/t9-/m0/s1. The van der Waals surface area contributed by atoms with E-state index in [0.29, 0.717) is 0 Å². The minimum atomic E-state index is -0.145. The van der Waals surface area contributed by atoms with Crippen molar-refractivity contribution in [1.29, 1.82) is 0 Å². The molecule has 0 unspecified atom stereocenters. The molecular weight excluding hydrogens is 194 g/mol. The van der Waals surface area contributed by atoms with Crippen LogP contribution in [0.3, 0.4) is 0 Å². The number of nitrogens with two attached hydrogens (primary N) is 1. The number of hydrogen-bond acceptors (Lipinski definition) is 3. The summed E-state index contributed by atoms with van der Waals surface area (Å²) < 4.78 is 1.28. The van der Waals surface area contributed by atoms with Crippen molar-refractivity contribution < 1.29 is 5.11 Å². The van der Waals surface area contributed by atoms with E-state index in [1.165, 1.54) is 15.6 Å². The fraction of sp³-hybridized carbons (Fsp3) is 0.273. The molecule has 74 valence electrons. The van der Waals surface area contributed by atoms with E-state index in [1.54, 1.807) is 11.3 Å². The summed E-state index contributed by atoms with van der Waals surface area (Å²) in [5, 5.41) is 12.3. The molecule has 1 heterocycles. The van der Waals surface area contributed by atoms with Crippen molar-refractivity contribution >= 4 is 21.4 Å². The van der Waals surface area contributed by atoms with Gasteiger partial charge in [-0.1, -0.05) is 18.2 Å². The van der Waals surface area contributed by atoms with Gasteiger partial charge >= 0.3 is 0 Å². The third-order valence-electron chi connectivity index (χ3n) is 2.28. The lowest BCUT2D eigenvalue weighted by Gasteiger charge is -2.06. The Bertz CT molecular complexity index is 424. The van der Waals surface area contributed by atoms with Gasteiger partial charge in [0.05, 0.1) is 6.61 Å². The van der Waals surface area contributed by atoms with E-state index in [9.17, 15) is 0 Å². The van der Waals surface area contributed by atoms with E-state index in [1.807, 2.05) is 12.1 Å². The summed E-state index contributed by atoms with van der Waals surface area (Å²) in [5.74, 6) is 0. The number of hydrogen-bond donors (Lipinski definition) is 2. The Hall–Kier alpha value is -0.900. The third kappa shape index (κ3) is 1.80. The number of thiophene rings is 1. The van der Waals surface area contributed by atoms with Gasteiger partial charge in [0.2, 0.25) is 0 Å². The molecule has 0 aliphatic carbocycles. The monoisotopic (exact) mass is 207 g/mol. The van der Waals surface area contributed by atoms with Crippen LogP contribution in [0.5, 0.6) is 0 Å². The van der Waals surface area contributed by atoms with E-state index in [4.69, 9.17) is 10.8 Å². The van der Waals surface area contributed by atoms with Gasteiger partial charge in [0.25, 0.3) is 0 Å². The van der Waals surface area contributed by atoms with E-state index in [0.717, 1.165) is 6.42 Å². The van der Waals surface area contributed by atoms with Gasteiger partial charge in [-0.25, -0.2) is 0 Å². The highest BCUT2D eigenvalue weighted by Gasteiger charge is 2.07. The Morgan fingerprint density at radius 1 is 1.36 bits per heavy atom. The molecule has 1 atom stereocenters. The molecule has 0 radical (unpaired) electrons. The average molecular weight is 207 g/mol. The zero-order chi connectivity index (χ0) is 9.97. The molecule has 1 aromatic heterocycles. The van der Waals surface area contributed by atoms with Gasteiger partial charge in [0, 0.05) is 10.7 Å². The van der Waals surface area contributed by atoms with Crippen molar-refractivity contribution in [1.82, 2.24) is 0 Å². The lowest BCUT2D eigenvalue weighted by molar-refractivity contribution is 0.265. The molecular formula is C11H13NOS. The molecule has 0 aliphatic heterocycles. The van der Waals surface area contributed by atoms with Crippen molar-refractivity contribution in [3.8, 4) is 0 Å². The molecule has 2 nitrogen and oxygen atoms in total. The molecule has 0 saturated heterocycles. The molecule has 0 amide bonds. The molecule has 0 bridgehead atoms. The van der Waals surface area contributed by atoms with Crippen LogP contribution in [-0.2, 0) is 6.42 Å². The number of aliphatic hydroxyl groups is 1. The van der Waals surface area contributed by atoms with Gasteiger partial charge < -0.3 is 10.8 Å². The molecule has 0 saturated carbocycles. The first kappa shape index (κ1) is 9.65. The number of fused-ring (bicyclic) bond motifs is 1. The second kappa shape index (κ2) is 4.09. The zero-order valence-electron chi connectivity index (χ0n) is 7.81. The van der Waals surface area contributed by atoms with Crippen LogP contribution in [0.4, 0.5) is 0 Å². The van der Waals surface area contributed by atoms with Crippen LogP contribution in [-0.4, -0.2) is 17.8 Å². The smallest absolute Gasteiger partial charge is 0.0585 e. The zero-order valence-corrected chi connectivity index (χ0v) is 8.63. The average Bonchev–Trinajstić information content (AvgIpc) is 2.62. The fourth-order valence-electron chi connectivity index (χ4n) is 1.54. The van der Waals surface area contributed by atoms with Gasteiger partial charge in [-0.15, -0.1) is 11.3 Å². The van der Waals surface area contributed by atoms with Crippen LogP contribution in [0.25, 0.3) is 10.1 Å². The Kier molecular flexibility index (Phi) is 2.82. The van der Waals surface area contributed by atoms with Crippen molar-refractivity contribution in [2.45, 2.75) is 12.5 Å². The van der Waals surface area contributed by atoms with Crippen molar-refractivity contribution in [3.63, 3.8) is 0 Å². The second-order valence-corrected chi connectivity index (χ2v) is 4.32. The molecule has 0 fully saturated rings. The van der Waals surface area contributed by atoms with Crippen LogP contribution in [0.15, 0.2) is 29.6 Å². The highest BCUT2D eigenvalue weighted by Crippen LogP contribution is 2.26. The lowest BCUT2D eigenvalue weighted by atomic mass is 10.1. The van der Waals surface area contributed by atoms with Crippen LogP contribution >= 0.6 is 11.3 Å². The molecule has 1 aromatic carbocycles. The van der Waals surface area contributed by atoms with Crippen molar-refractivity contribution in [3.05, 3.63) is 35.2 Å². The first-order valence-electron chi connectivity index (χ1n) is 4.63. The molecule has 2 rings (SSSR count). The molecule has 3 heteroatoms. The largest absolute Gasteiger partial charge is 0.395 e. The van der Waals surface area contributed by atoms with Crippen molar-refractivity contribution in [2.24, 2.45) is 5.73 Å². The lowest BCUT2D eigenvalue weighted by Crippen LogP contribution is -2.26. The predicted octanol–water partition coefficient (Wildman–Crippen LogP) is 1.76. The van der Waals surface area contributed by atoms with E-state index in [-0.39, 0.29) is 12.6 Å². The van der Waals surface area contributed by atoms with Gasteiger partial charge in [0.1, 0.15) is 0 Å². The maximum atomic E-state index is 8.88. The fourth-order valence-corrected chi connectivity index (χ4v) is 2.51. The summed E-state index contributed by atoms with van der Waals surface area (Å²) >= 11 is 1.73. The minimum absolute atomic E-state index is 0.0458. The summed E-state index contributed by atoms with van der Waals surface area (Å²) in [7, 11) is 0. The van der Waals surface area contributed by atoms with E-state index in [2.05, 4.69) is 17.5 Å². The Morgan fingerprint density at radius 3 is 2.93 bits per heavy atom. The second-order valence-electron chi connectivity index (χ2n) is 3.40. The van der Waals surface area contributed by atoms with Crippen LogP contribution < -0.4 is 5.73 Å². The summed E-state index contributed by atoms with van der Waals surface area (Å²) in [5.41, 5.74) is 6.95. The summed E-state index contributed by atoms with van der Waals surface area (Å²) in [6.45, 7) is 0.0458. The topological polar surface area (TPSA) is 46.2 Å². The van der Waals surface area contributed by atoms with Crippen molar-refractivity contribution in [2.75, 3.05) is 6.61 Å². The highest BCUT2D eigenvalue weighted by atomic mass is 32.1. The molecule has 0 aliphatic rings. The molecule has 14 heavy (non-hydrogen) atoms. The Labute approximate surface area is 87.0 Å². The van der Waals surface area contributed by atoms with Crippen LogP contribution in [0, 0.1) is 0 Å². The van der Waals surface area contributed by atoms with Crippen LogP contribution in [0.1, 0.15) is 5.56 Å². The van der Waals surface area contributed by atoms with Gasteiger partial charge in [0.15, 0.2) is 0 Å². The summed E-state index contributed by atoms with van der Waals surface area (Å²) in [6, 6.07) is 8.13. The van der Waals surface area contributed by atoms with Gasteiger partial charge in [-0.05, 0) is 28.8 Å². The van der Waals surface area contributed by atoms with Gasteiger partial charge in [-0.3, -0.25) is 0 Å². The number of benzene rings is 1. The van der Waals surface area contributed by atoms with Crippen LogP contribution in [0.2, 0.25) is 0 Å². The third-order valence-corrected chi connectivity index (χ3v) is 3.29. The Balaban J connectivity index is 2.33. The summed E-state index contributed by atoms with van der Waals surface area (Å²) in [6.07, 6.45) is 0.751. The maximum absolute atomic E-state index is 8.88. The number of rotatable bonds is 3. The first-order valence-corrected chi connectivity index (χ1v) is 5.51. The normalized spacial score (nSPS) is 13.3. The molecule has 0 spiro atoms. The minimum Gasteiger partial charge on any atom is -0.395 e. The van der Waals surface area contributed by atoms with E-state index < -0.39 is 0 Å². The number of aliphatic hydroxyl groups excluding tert-OH is 1. The molecule has 2 aromatic rings. The highest BCUT2D eigenvalue weighted by molar-refractivity contribution is 7.17. The SMILES string of the molecule is N[C@H](CO)Cc1csc2ccccc12. The van der Waals surface area contributed by atoms with Gasteiger partial charge in [-0.2, -0.15) is 0 Å². The summed E-state index contributed by atoms with van der Waals surface area (Å²) in [4.78, 5) is 0. The maximum Gasteiger partial charge on any atom is 0.0585 e. The molecule has 3 N–H and O–H groups in total. The Morgan fingerprint density at radius 2 is 2.14 bits per heavy atom. The predicted molar refractivity (Wildman–Crippen MR) is 60.6 cm³/mol.